The molecule has 3 unspecified atom stereocenters. The molecular formula is C19H30N2OS. The van der Waals surface area contributed by atoms with Crippen molar-refractivity contribution in [3.05, 3.63) is 22.4 Å². The summed E-state index contributed by atoms with van der Waals surface area (Å²) in [5.41, 5.74) is 0. The molecule has 3 nitrogen and oxygen atoms in total. The van der Waals surface area contributed by atoms with Crippen LogP contribution in [0.1, 0.15) is 62.3 Å². The number of hydrogen-bond acceptors (Lipinski definition) is 4. The van der Waals surface area contributed by atoms with Crippen LogP contribution in [0.15, 0.2) is 17.5 Å². The van der Waals surface area contributed by atoms with Gasteiger partial charge in [0.05, 0.1) is 6.10 Å². The number of hydrogen-bond donors (Lipinski definition) is 2. The number of nitrogens with zero attached hydrogens (tertiary/aromatic N) is 1. The van der Waals surface area contributed by atoms with Gasteiger partial charge >= 0.3 is 0 Å². The second-order valence-electron chi connectivity index (χ2n) is 7.73. The number of aliphatic hydroxyl groups is 1. The van der Waals surface area contributed by atoms with Crippen LogP contribution < -0.4 is 5.32 Å². The van der Waals surface area contributed by atoms with Gasteiger partial charge in [0.1, 0.15) is 0 Å². The highest BCUT2D eigenvalue weighted by molar-refractivity contribution is 7.10. The summed E-state index contributed by atoms with van der Waals surface area (Å²) in [6, 6.07) is 6.16. The van der Waals surface area contributed by atoms with Crippen molar-refractivity contribution in [1.29, 1.82) is 0 Å². The molecule has 2 aliphatic carbocycles. The lowest BCUT2D eigenvalue weighted by Gasteiger charge is -2.42. The fraction of sp³-hybridized carbons (Fsp3) is 0.789. The second-order valence-corrected chi connectivity index (χ2v) is 8.71. The van der Waals surface area contributed by atoms with E-state index in [1.165, 1.54) is 49.8 Å². The molecule has 2 heterocycles. The summed E-state index contributed by atoms with van der Waals surface area (Å²) in [4.78, 5) is 4.09. The predicted molar refractivity (Wildman–Crippen MR) is 95.8 cm³/mol. The van der Waals surface area contributed by atoms with Crippen LogP contribution in [0, 0.1) is 5.92 Å². The SMILES string of the molecule is OC1CCCCC1N1CCC(NC(c2cccs2)C2CC2)CC1. The van der Waals surface area contributed by atoms with Crippen LogP contribution in [-0.4, -0.2) is 41.3 Å². The summed E-state index contributed by atoms with van der Waals surface area (Å²) < 4.78 is 0. The molecular weight excluding hydrogens is 304 g/mol. The first-order valence-electron chi connectivity index (χ1n) is 9.53. The Bertz CT molecular complexity index is 480. The van der Waals surface area contributed by atoms with Crippen molar-refractivity contribution < 1.29 is 5.11 Å². The lowest BCUT2D eigenvalue weighted by Crippen LogP contribution is -2.52. The Kier molecular flexibility index (Phi) is 5.04. The van der Waals surface area contributed by atoms with E-state index in [2.05, 4.69) is 27.7 Å². The van der Waals surface area contributed by atoms with E-state index in [1.54, 1.807) is 0 Å². The Hall–Kier alpha value is -0.420. The molecule has 23 heavy (non-hydrogen) atoms. The molecule has 0 amide bonds. The molecule has 0 aromatic carbocycles. The van der Waals surface area contributed by atoms with Gasteiger partial charge in [0, 0.05) is 36.1 Å². The van der Waals surface area contributed by atoms with Crippen molar-refractivity contribution in [2.45, 2.75) is 75.6 Å². The number of rotatable bonds is 5. The molecule has 3 fully saturated rings. The number of likely N-dealkylation sites (tertiary alicyclic amines) is 1. The third kappa shape index (κ3) is 3.81. The lowest BCUT2D eigenvalue weighted by atomic mass is 9.89. The normalized spacial score (nSPS) is 32.0. The zero-order valence-corrected chi connectivity index (χ0v) is 14.8. The van der Waals surface area contributed by atoms with E-state index in [9.17, 15) is 5.11 Å². The van der Waals surface area contributed by atoms with Gasteiger partial charge in [0.25, 0.3) is 0 Å². The molecule has 3 aliphatic rings. The number of aliphatic hydroxyl groups excluding tert-OH is 1. The summed E-state index contributed by atoms with van der Waals surface area (Å²) in [5, 5.41) is 16.5. The Labute approximate surface area is 144 Å². The van der Waals surface area contributed by atoms with E-state index < -0.39 is 0 Å². The van der Waals surface area contributed by atoms with E-state index in [1.807, 2.05) is 11.3 Å². The Morgan fingerprint density at radius 3 is 2.52 bits per heavy atom. The summed E-state index contributed by atoms with van der Waals surface area (Å²) in [6.07, 6.45) is 9.87. The molecule has 1 aromatic heterocycles. The molecule has 0 radical (unpaired) electrons. The third-order valence-corrected chi connectivity index (χ3v) is 7.01. The van der Waals surface area contributed by atoms with Gasteiger partial charge < -0.3 is 10.4 Å². The van der Waals surface area contributed by atoms with Crippen molar-refractivity contribution in [2.24, 2.45) is 5.92 Å². The smallest absolute Gasteiger partial charge is 0.0695 e. The van der Waals surface area contributed by atoms with Crippen LogP contribution in [0.4, 0.5) is 0 Å². The molecule has 0 bridgehead atoms. The quantitative estimate of drug-likeness (QED) is 0.864. The fourth-order valence-electron chi connectivity index (χ4n) is 4.52. The Morgan fingerprint density at radius 2 is 1.87 bits per heavy atom. The molecule has 1 saturated heterocycles. The summed E-state index contributed by atoms with van der Waals surface area (Å²) >= 11 is 1.91. The van der Waals surface area contributed by atoms with Gasteiger partial charge in [0.2, 0.25) is 0 Å². The van der Waals surface area contributed by atoms with E-state index in [0.29, 0.717) is 18.1 Å². The van der Waals surface area contributed by atoms with Gasteiger partial charge in [-0.1, -0.05) is 18.9 Å². The average Bonchev–Trinajstić information content (AvgIpc) is 3.28. The first-order chi connectivity index (χ1) is 11.3. The first kappa shape index (κ1) is 16.1. The van der Waals surface area contributed by atoms with Crippen molar-refractivity contribution in [1.82, 2.24) is 10.2 Å². The third-order valence-electron chi connectivity index (χ3n) is 6.05. The van der Waals surface area contributed by atoms with E-state index in [0.717, 1.165) is 25.4 Å². The van der Waals surface area contributed by atoms with Crippen LogP contribution >= 0.6 is 11.3 Å². The van der Waals surface area contributed by atoms with Crippen LogP contribution in [0.25, 0.3) is 0 Å². The topological polar surface area (TPSA) is 35.5 Å². The number of nitrogens with one attached hydrogen (secondary N) is 1. The molecule has 4 heteroatoms. The highest BCUT2D eigenvalue weighted by Gasteiger charge is 2.36. The lowest BCUT2D eigenvalue weighted by molar-refractivity contribution is 0.00647. The van der Waals surface area contributed by atoms with Gasteiger partial charge in [-0.15, -0.1) is 11.3 Å². The highest BCUT2D eigenvalue weighted by atomic mass is 32.1. The highest BCUT2D eigenvalue weighted by Crippen LogP contribution is 2.43. The molecule has 4 rings (SSSR count). The van der Waals surface area contributed by atoms with Gasteiger partial charge in [-0.3, -0.25) is 4.90 Å². The minimum absolute atomic E-state index is 0.0846. The standard InChI is InChI=1S/C19H30N2OS/c22-17-5-2-1-4-16(17)21-11-9-15(10-12-21)20-19(14-7-8-14)18-6-3-13-23-18/h3,6,13-17,19-20,22H,1-2,4-5,7-12H2. The van der Waals surface area contributed by atoms with Crippen molar-refractivity contribution >= 4 is 11.3 Å². The molecule has 2 N–H and O–H groups in total. The van der Waals surface area contributed by atoms with Crippen LogP contribution in [0.2, 0.25) is 0 Å². The first-order valence-corrected chi connectivity index (χ1v) is 10.4. The van der Waals surface area contributed by atoms with Gasteiger partial charge in [-0.05, 0) is 55.9 Å². The van der Waals surface area contributed by atoms with Gasteiger partial charge in [-0.25, -0.2) is 0 Å². The maximum atomic E-state index is 10.3. The molecule has 1 aliphatic heterocycles. The monoisotopic (exact) mass is 334 g/mol. The summed E-state index contributed by atoms with van der Waals surface area (Å²) in [5.74, 6) is 0.867. The van der Waals surface area contributed by atoms with E-state index in [-0.39, 0.29) is 6.10 Å². The Balaban J connectivity index is 1.31. The van der Waals surface area contributed by atoms with Crippen molar-refractivity contribution in [2.75, 3.05) is 13.1 Å². The largest absolute Gasteiger partial charge is 0.391 e. The van der Waals surface area contributed by atoms with Gasteiger partial charge in [-0.2, -0.15) is 0 Å². The number of piperidine rings is 1. The summed E-state index contributed by atoms with van der Waals surface area (Å²) in [7, 11) is 0. The molecule has 2 saturated carbocycles. The van der Waals surface area contributed by atoms with E-state index in [4.69, 9.17) is 0 Å². The minimum atomic E-state index is -0.0846. The molecule has 128 valence electrons. The maximum absolute atomic E-state index is 10.3. The van der Waals surface area contributed by atoms with Crippen LogP contribution in [0.3, 0.4) is 0 Å². The Morgan fingerprint density at radius 1 is 1.09 bits per heavy atom. The number of thiophene rings is 1. The maximum Gasteiger partial charge on any atom is 0.0695 e. The predicted octanol–water partition coefficient (Wildman–Crippen LogP) is 3.56. The zero-order valence-electron chi connectivity index (χ0n) is 14.0. The van der Waals surface area contributed by atoms with Crippen LogP contribution in [0.5, 0.6) is 0 Å². The van der Waals surface area contributed by atoms with Crippen molar-refractivity contribution in [3.63, 3.8) is 0 Å². The fourth-order valence-corrected chi connectivity index (χ4v) is 5.40. The second kappa shape index (κ2) is 7.22. The molecule has 0 spiro atoms. The zero-order chi connectivity index (χ0) is 15.6. The minimum Gasteiger partial charge on any atom is -0.391 e. The van der Waals surface area contributed by atoms with Crippen molar-refractivity contribution in [3.8, 4) is 0 Å². The molecule has 3 atom stereocenters. The average molecular weight is 335 g/mol. The van der Waals surface area contributed by atoms with Gasteiger partial charge in [0.15, 0.2) is 0 Å². The van der Waals surface area contributed by atoms with Crippen LogP contribution in [-0.2, 0) is 0 Å². The summed E-state index contributed by atoms with van der Waals surface area (Å²) in [6.45, 7) is 2.31. The van der Waals surface area contributed by atoms with E-state index >= 15 is 0 Å². The molecule has 1 aromatic rings.